The SMILES string of the molecule is CC(C)(C)/C=N\C=[N+](\[Co]/[N+](=C/N=C\C(C)(C)C)C(C)(C)C)C(C)(C)C. The van der Waals surface area contributed by atoms with Gasteiger partial charge in [-0.1, -0.05) is 0 Å². The molecule has 0 atom stereocenters. The molecule has 25 heavy (non-hydrogen) atoms. The maximum atomic E-state index is 4.55. The fourth-order valence-electron chi connectivity index (χ4n) is 1.28. The third-order valence-corrected chi connectivity index (χ3v) is 4.70. The third kappa shape index (κ3) is 12.2. The molecule has 0 aliphatic heterocycles. The van der Waals surface area contributed by atoms with Crippen LogP contribution in [0.15, 0.2) is 9.98 Å². The summed E-state index contributed by atoms with van der Waals surface area (Å²) in [5.41, 5.74) is 0.0629. The number of aliphatic imine (C=N–C) groups is 2. The van der Waals surface area contributed by atoms with Crippen LogP contribution in [-0.4, -0.2) is 43.4 Å². The number of rotatable bonds is 4. The predicted octanol–water partition coefficient (Wildman–Crippen LogP) is 4.81. The Kier molecular flexibility index (Phi) is 8.43. The zero-order valence-corrected chi connectivity index (χ0v) is 19.5. The first-order valence-corrected chi connectivity index (χ1v) is 9.80. The molecule has 0 aliphatic rings. The summed E-state index contributed by atoms with van der Waals surface area (Å²) in [5.74, 6) is 0. The Labute approximate surface area is 162 Å². The summed E-state index contributed by atoms with van der Waals surface area (Å²) < 4.78 is 4.44. The maximum absolute atomic E-state index is 4.55. The Morgan fingerprint density at radius 1 is 0.560 bits per heavy atom. The molecule has 0 spiro atoms. The van der Waals surface area contributed by atoms with Gasteiger partial charge in [-0.3, -0.25) is 0 Å². The summed E-state index contributed by atoms with van der Waals surface area (Å²) >= 11 is 1.07. The van der Waals surface area contributed by atoms with Crippen molar-refractivity contribution in [3.63, 3.8) is 0 Å². The van der Waals surface area contributed by atoms with Crippen molar-refractivity contribution in [2.45, 2.75) is 94.2 Å². The second-order valence-electron chi connectivity index (χ2n) is 10.5. The molecule has 0 bridgehead atoms. The number of hydrogen-bond acceptors (Lipinski definition) is 0. The molecule has 0 fully saturated rings. The van der Waals surface area contributed by atoms with E-state index in [4.69, 9.17) is 0 Å². The van der Waals surface area contributed by atoms with Crippen LogP contribution in [0.2, 0.25) is 0 Å². The van der Waals surface area contributed by atoms with Crippen molar-refractivity contribution < 1.29 is 22.4 Å². The minimum atomic E-state index is -0.0414. The van der Waals surface area contributed by atoms with Gasteiger partial charge in [0.1, 0.15) is 0 Å². The molecule has 0 saturated heterocycles. The molecule has 0 aromatic rings. The molecule has 0 heterocycles. The molecule has 0 unspecified atom stereocenters. The Hall–Kier alpha value is -0.814. The molecule has 147 valence electrons. The first kappa shape index (κ1) is 24.2. The summed E-state index contributed by atoms with van der Waals surface area (Å²) in [7, 11) is 0. The van der Waals surface area contributed by atoms with Crippen LogP contribution in [0.3, 0.4) is 0 Å². The zero-order chi connectivity index (χ0) is 20.1. The molecule has 0 aliphatic carbocycles. The monoisotopic (exact) mass is 395 g/mol. The van der Waals surface area contributed by atoms with E-state index in [-0.39, 0.29) is 21.9 Å². The van der Waals surface area contributed by atoms with Crippen molar-refractivity contribution >= 4 is 25.1 Å². The quantitative estimate of drug-likeness (QED) is 0.483. The van der Waals surface area contributed by atoms with Crippen LogP contribution in [0.1, 0.15) is 83.1 Å². The predicted molar refractivity (Wildman–Crippen MR) is 108 cm³/mol. The van der Waals surface area contributed by atoms with Crippen LogP contribution in [0.4, 0.5) is 0 Å². The van der Waals surface area contributed by atoms with E-state index in [1.165, 1.54) is 0 Å². The number of hydrogen-bond donors (Lipinski definition) is 0. The Balaban J connectivity index is 5.72. The fraction of sp³-hybridized carbons (Fsp3) is 0.800. The van der Waals surface area contributed by atoms with Gasteiger partial charge in [-0.05, 0) is 0 Å². The average Bonchev–Trinajstić information content (AvgIpc) is 2.30. The van der Waals surface area contributed by atoms with E-state index in [1.807, 2.05) is 25.1 Å². The molecule has 0 rings (SSSR count). The first-order valence-electron chi connectivity index (χ1n) is 8.87. The van der Waals surface area contributed by atoms with Crippen LogP contribution in [0.5, 0.6) is 0 Å². The second kappa shape index (κ2) is 8.72. The molecule has 0 N–H and O–H groups in total. The van der Waals surface area contributed by atoms with Gasteiger partial charge in [0.2, 0.25) is 0 Å². The van der Waals surface area contributed by atoms with E-state index in [9.17, 15) is 0 Å². The van der Waals surface area contributed by atoms with E-state index in [1.54, 1.807) is 0 Å². The molecule has 0 aromatic carbocycles. The summed E-state index contributed by atoms with van der Waals surface area (Å²) in [6, 6.07) is 0. The normalized spacial score (nSPS) is 16.5. The van der Waals surface area contributed by atoms with Crippen molar-refractivity contribution in [1.82, 2.24) is 0 Å². The third-order valence-electron chi connectivity index (χ3n) is 2.61. The van der Waals surface area contributed by atoms with Crippen LogP contribution >= 0.6 is 0 Å². The van der Waals surface area contributed by atoms with Gasteiger partial charge in [-0.25, -0.2) is 0 Å². The van der Waals surface area contributed by atoms with Gasteiger partial charge in [0.25, 0.3) is 0 Å². The Morgan fingerprint density at radius 3 is 1.04 bits per heavy atom. The summed E-state index contributed by atoms with van der Waals surface area (Å²) in [6.07, 6.45) is 7.85. The van der Waals surface area contributed by atoms with Gasteiger partial charge in [0.05, 0.1) is 0 Å². The standard InChI is InChI=1S/2C10H20N2.Co/c2*1-9(2,3)7-11-8-12-10(4,5)6;/h2*7-8H,1-6H3;/q;;+2/b2*11-7-,12-8-;. The van der Waals surface area contributed by atoms with Crippen molar-refractivity contribution in [3.05, 3.63) is 0 Å². The first-order chi connectivity index (χ1) is 10.9. The average molecular weight is 396 g/mol. The topological polar surface area (TPSA) is 30.7 Å². The summed E-state index contributed by atoms with van der Waals surface area (Å²) in [5, 5.41) is 0. The van der Waals surface area contributed by atoms with E-state index in [0.29, 0.717) is 0 Å². The molecule has 0 amide bonds. The van der Waals surface area contributed by atoms with E-state index in [0.717, 1.165) is 15.1 Å². The van der Waals surface area contributed by atoms with Crippen LogP contribution in [0.25, 0.3) is 0 Å². The van der Waals surface area contributed by atoms with Crippen LogP contribution in [0, 0.1) is 10.8 Å². The van der Waals surface area contributed by atoms with Gasteiger partial charge in [-0.15, -0.1) is 0 Å². The molecule has 5 heteroatoms. The van der Waals surface area contributed by atoms with Crippen molar-refractivity contribution in [1.29, 1.82) is 0 Å². The Bertz CT molecular complexity index is 492. The van der Waals surface area contributed by atoms with Gasteiger partial charge in [0, 0.05) is 0 Å². The van der Waals surface area contributed by atoms with Crippen molar-refractivity contribution in [3.8, 4) is 0 Å². The van der Waals surface area contributed by atoms with Crippen molar-refractivity contribution in [2.24, 2.45) is 20.8 Å². The minimum absolute atomic E-state index is 0.0414. The number of nitrogens with zero attached hydrogens (tertiary/aromatic N) is 4. The summed E-state index contributed by atoms with van der Waals surface area (Å²) in [4.78, 5) is 9.11. The van der Waals surface area contributed by atoms with Gasteiger partial charge >= 0.3 is 162 Å². The van der Waals surface area contributed by atoms with Crippen LogP contribution in [-0.2, 0) is 15.1 Å². The molecule has 0 saturated carbocycles. The zero-order valence-electron chi connectivity index (χ0n) is 18.4. The molecule has 0 radical (unpaired) electrons. The van der Waals surface area contributed by atoms with Gasteiger partial charge < -0.3 is 0 Å². The summed E-state index contributed by atoms with van der Waals surface area (Å²) in [6.45, 7) is 26.1. The molecular formula is C20H40CoN4+2. The van der Waals surface area contributed by atoms with E-state index in [2.05, 4.69) is 100 Å². The van der Waals surface area contributed by atoms with E-state index >= 15 is 0 Å². The van der Waals surface area contributed by atoms with E-state index < -0.39 is 0 Å². The second-order valence-corrected chi connectivity index (χ2v) is 11.7. The van der Waals surface area contributed by atoms with Gasteiger partial charge in [-0.2, -0.15) is 0 Å². The van der Waals surface area contributed by atoms with Crippen molar-refractivity contribution in [2.75, 3.05) is 0 Å². The molecule has 4 nitrogen and oxygen atoms in total. The molecular weight excluding hydrogens is 355 g/mol. The van der Waals surface area contributed by atoms with Gasteiger partial charge in [0.15, 0.2) is 0 Å². The fourth-order valence-corrected chi connectivity index (χ4v) is 2.40. The molecule has 0 aromatic heterocycles. The Morgan fingerprint density at radius 2 is 0.840 bits per heavy atom. The van der Waals surface area contributed by atoms with Crippen LogP contribution < -0.4 is 0 Å².